The number of carbonyl (C=O) groups excluding carboxylic acids is 1. The van der Waals surface area contributed by atoms with Crippen LogP contribution in [-0.2, 0) is 11.3 Å². The van der Waals surface area contributed by atoms with Crippen LogP contribution in [-0.4, -0.2) is 29.2 Å². The minimum absolute atomic E-state index is 0.0319. The van der Waals surface area contributed by atoms with Gasteiger partial charge < -0.3 is 15.0 Å². The number of benzene rings is 2. The van der Waals surface area contributed by atoms with Gasteiger partial charge in [-0.15, -0.1) is 0 Å². The molecule has 1 N–H and O–H groups in total. The molecule has 2 aromatic carbocycles. The number of carbonyl (C=O) groups is 1. The Balaban J connectivity index is 1.69. The summed E-state index contributed by atoms with van der Waals surface area (Å²) in [5.74, 6) is -0.224. The van der Waals surface area contributed by atoms with Crippen LogP contribution >= 0.6 is 0 Å². The molecule has 0 saturated carbocycles. The summed E-state index contributed by atoms with van der Waals surface area (Å²) in [6.45, 7) is 6.98. The van der Waals surface area contributed by atoms with Crippen LogP contribution < -0.4 is 5.32 Å². The van der Waals surface area contributed by atoms with Gasteiger partial charge in [0.15, 0.2) is 0 Å². The van der Waals surface area contributed by atoms with E-state index in [9.17, 15) is 9.18 Å². The van der Waals surface area contributed by atoms with E-state index in [1.807, 2.05) is 43.9 Å². The third kappa shape index (κ3) is 5.55. The Morgan fingerprint density at radius 2 is 1.82 bits per heavy atom. The normalized spacial score (nSPS) is 20.1. The van der Waals surface area contributed by atoms with Gasteiger partial charge in [-0.3, -0.25) is 0 Å². The molecule has 3 rings (SSSR count). The van der Waals surface area contributed by atoms with Gasteiger partial charge in [0.25, 0.3) is 0 Å². The number of ether oxygens (including phenoxy) is 1. The number of piperidine rings is 1. The molecule has 0 spiro atoms. The first kappa shape index (κ1) is 20.3. The van der Waals surface area contributed by atoms with Gasteiger partial charge in [0.2, 0.25) is 0 Å². The smallest absolute Gasteiger partial charge is 0.410 e. The Kier molecular flexibility index (Phi) is 6.35. The predicted octanol–water partition coefficient (Wildman–Crippen LogP) is 5.06. The van der Waals surface area contributed by atoms with Crippen molar-refractivity contribution in [3.05, 3.63) is 71.5 Å². The zero-order valence-electron chi connectivity index (χ0n) is 16.8. The molecule has 1 aliphatic heterocycles. The number of halogens is 1. The van der Waals surface area contributed by atoms with Gasteiger partial charge in [-0.2, -0.15) is 0 Å². The zero-order chi connectivity index (χ0) is 20.1. The maximum absolute atomic E-state index is 13.1. The standard InChI is InChI=1S/C23H29FN2O2/c1-23(2,3)28-22(27)26-14-13-20(15-21(26)18-7-5-4-6-8-18)25-16-17-9-11-19(24)12-10-17/h4-12,20-21,25H,13-16H2,1-3H3/t20-,21+/m1/s1. The lowest BCUT2D eigenvalue weighted by atomic mass is 9.92. The SMILES string of the molecule is CC(C)(C)OC(=O)N1CC[C@@H](NCc2ccc(F)cc2)C[C@H]1c1ccccc1. The van der Waals surface area contributed by atoms with Crippen LogP contribution in [0.15, 0.2) is 54.6 Å². The molecule has 1 amide bonds. The largest absolute Gasteiger partial charge is 0.444 e. The minimum atomic E-state index is -0.518. The molecule has 150 valence electrons. The molecule has 5 heteroatoms. The minimum Gasteiger partial charge on any atom is -0.444 e. The summed E-state index contributed by atoms with van der Waals surface area (Å²) in [4.78, 5) is 14.6. The Hall–Kier alpha value is -2.40. The topological polar surface area (TPSA) is 41.6 Å². The molecule has 1 fully saturated rings. The van der Waals surface area contributed by atoms with Gasteiger partial charge in [-0.05, 0) is 56.9 Å². The zero-order valence-corrected chi connectivity index (χ0v) is 16.8. The monoisotopic (exact) mass is 384 g/mol. The third-order valence-electron chi connectivity index (χ3n) is 4.92. The fourth-order valence-corrected chi connectivity index (χ4v) is 3.55. The van der Waals surface area contributed by atoms with E-state index in [0.29, 0.717) is 13.1 Å². The van der Waals surface area contributed by atoms with Gasteiger partial charge in [-0.25, -0.2) is 9.18 Å². The van der Waals surface area contributed by atoms with E-state index in [4.69, 9.17) is 4.74 Å². The average molecular weight is 384 g/mol. The molecule has 0 unspecified atom stereocenters. The van der Waals surface area contributed by atoms with Crippen molar-refractivity contribution < 1.29 is 13.9 Å². The van der Waals surface area contributed by atoms with Crippen LogP contribution in [0.5, 0.6) is 0 Å². The highest BCUT2D eigenvalue weighted by molar-refractivity contribution is 5.69. The van der Waals surface area contributed by atoms with Gasteiger partial charge in [-0.1, -0.05) is 42.5 Å². The number of hydrogen-bond donors (Lipinski definition) is 1. The molecule has 0 aliphatic carbocycles. The third-order valence-corrected chi connectivity index (χ3v) is 4.92. The second kappa shape index (κ2) is 8.74. The molecule has 0 aromatic heterocycles. The maximum Gasteiger partial charge on any atom is 0.410 e. The predicted molar refractivity (Wildman–Crippen MR) is 108 cm³/mol. The number of rotatable bonds is 4. The quantitative estimate of drug-likeness (QED) is 0.801. The number of hydrogen-bond acceptors (Lipinski definition) is 3. The average Bonchev–Trinajstić information content (AvgIpc) is 2.67. The summed E-state index contributed by atoms with van der Waals surface area (Å²) in [5, 5.41) is 3.56. The van der Waals surface area contributed by atoms with E-state index in [1.165, 1.54) is 12.1 Å². The fourth-order valence-electron chi connectivity index (χ4n) is 3.55. The lowest BCUT2D eigenvalue weighted by molar-refractivity contribution is 0.00652. The van der Waals surface area contributed by atoms with Crippen LogP contribution in [0.4, 0.5) is 9.18 Å². The summed E-state index contributed by atoms with van der Waals surface area (Å²) in [7, 11) is 0. The molecule has 28 heavy (non-hydrogen) atoms. The second-order valence-electron chi connectivity index (χ2n) is 8.33. The fraction of sp³-hybridized carbons (Fsp3) is 0.435. The molecule has 0 bridgehead atoms. The van der Waals surface area contributed by atoms with Crippen molar-refractivity contribution in [2.45, 2.75) is 57.8 Å². The van der Waals surface area contributed by atoms with Crippen molar-refractivity contribution in [2.75, 3.05) is 6.54 Å². The summed E-state index contributed by atoms with van der Waals surface area (Å²) in [6.07, 6.45) is 1.40. The summed E-state index contributed by atoms with van der Waals surface area (Å²) in [6, 6.07) is 16.9. The van der Waals surface area contributed by atoms with Crippen molar-refractivity contribution in [1.82, 2.24) is 10.2 Å². The Bertz CT molecular complexity index is 771. The first-order valence-corrected chi connectivity index (χ1v) is 9.84. The van der Waals surface area contributed by atoms with E-state index in [1.54, 1.807) is 12.1 Å². The van der Waals surface area contributed by atoms with Crippen LogP contribution in [0.3, 0.4) is 0 Å². The van der Waals surface area contributed by atoms with Gasteiger partial charge in [0, 0.05) is 19.1 Å². The highest BCUT2D eigenvalue weighted by Crippen LogP contribution is 2.32. The summed E-state index contributed by atoms with van der Waals surface area (Å²) >= 11 is 0. The Morgan fingerprint density at radius 3 is 2.46 bits per heavy atom. The number of nitrogens with one attached hydrogen (secondary N) is 1. The second-order valence-corrected chi connectivity index (χ2v) is 8.33. The van der Waals surface area contributed by atoms with Crippen molar-refractivity contribution >= 4 is 6.09 Å². The van der Waals surface area contributed by atoms with Crippen molar-refractivity contribution in [2.24, 2.45) is 0 Å². The highest BCUT2D eigenvalue weighted by atomic mass is 19.1. The molecule has 2 atom stereocenters. The number of nitrogens with zero attached hydrogens (tertiary/aromatic N) is 1. The van der Waals surface area contributed by atoms with Crippen LogP contribution in [0, 0.1) is 5.82 Å². The van der Waals surface area contributed by atoms with E-state index < -0.39 is 5.60 Å². The van der Waals surface area contributed by atoms with E-state index in [-0.39, 0.29) is 24.0 Å². The Labute approximate surface area is 166 Å². The molecule has 1 saturated heterocycles. The van der Waals surface area contributed by atoms with Gasteiger partial charge in [0.1, 0.15) is 11.4 Å². The molecule has 0 radical (unpaired) electrons. The van der Waals surface area contributed by atoms with E-state index in [2.05, 4.69) is 17.4 Å². The van der Waals surface area contributed by atoms with Crippen LogP contribution in [0.2, 0.25) is 0 Å². The Morgan fingerprint density at radius 1 is 1.14 bits per heavy atom. The molecule has 1 heterocycles. The van der Waals surface area contributed by atoms with Crippen molar-refractivity contribution in [1.29, 1.82) is 0 Å². The van der Waals surface area contributed by atoms with Crippen LogP contribution in [0.25, 0.3) is 0 Å². The first-order valence-electron chi connectivity index (χ1n) is 9.84. The molecule has 2 aromatic rings. The van der Waals surface area contributed by atoms with E-state index in [0.717, 1.165) is 24.0 Å². The lowest BCUT2D eigenvalue weighted by Gasteiger charge is -2.40. The molecular weight excluding hydrogens is 355 g/mol. The van der Waals surface area contributed by atoms with Crippen molar-refractivity contribution in [3.8, 4) is 0 Å². The number of likely N-dealkylation sites (tertiary alicyclic amines) is 1. The lowest BCUT2D eigenvalue weighted by Crippen LogP contribution is -2.48. The number of amides is 1. The molecular formula is C23H29FN2O2. The maximum atomic E-state index is 13.1. The molecule has 4 nitrogen and oxygen atoms in total. The first-order chi connectivity index (χ1) is 13.3. The van der Waals surface area contributed by atoms with E-state index >= 15 is 0 Å². The van der Waals surface area contributed by atoms with Gasteiger partial charge >= 0.3 is 6.09 Å². The highest BCUT2D eigenvalue weighted by Gasteiger charge is 2.34. The molecule has 1 aliphatic rings. The van der Waals surface area contributed by atoms with Gasteiger partial charge in [0.05, 0.1) is 6.04 Å². The van der Waals surface area contributed by atoms with Crippen molar-refractivity contribution in [3.63, 3.8) is 0 Å². The summed E-state index contributed by atoms with van der Waals surface area (Å²) in [5.41, 5.74) is 1.64. The van der Waals surface area contributed by atoms with Crippen LogP contribution in [0.1, 0.15) is 50.8 Å². The summed E-state index contributed by atoms with van der Waals surface area (Å²) < 4.78 is 18.7.